The van der Waals surface area contributed by atoms with Crippen LogP contribution in [0.15, 0.2) is 65.5 Å². The highest BCUT2D eigenvalue weighted by Gasteiger charge is 2.02. The highest BCUT2D eigenvalue weighted by Crippen LogP contribution is 2.20. The van der Waals surface area contributed by atoms with Crippen LogP contribution < -0.4 is 0 Å². The molecule has 1 aromatic carbocycles. The van der Waals surface area contributed by atoms with Gasteiger partial charge in [0.2, 0.25) is 5.89 Å². The Bertz CT molecular complexity index is 672. The van der Waals surface area contributed by atoms with Crippen LogP contribution in [0.2, 0.25) is 0 Å². The third-order valence-corrected chi connectivity index (χ3v) is 2.68. The minimum Gasteiger partial charge on any atom is -0.437 e. The van der Waals surface area contributed by atoms with Crippen molar-refractivity contribution >= 4 is 12.2 Å². The molecule has 0 bridgehead atoms. The molecule has 0 saturated carbocycles. The van der Waals surface area contributed by atoms with Crippen molar-refractivity contribution < 1.29 is 4.42 Å². The third-order valence-electron chi connectivity index (χ3n) is 2.68. The summed E-state index contributed by atoms with van der Waals surface area (Å²) in [5.41, 5.74) is 2.04. The molecule has 2 heterocycles. The molecule has 0 spiro atoms. The molecule has 2 aromatic heterocycles. The zero-order valence-electron chi connectivity index (χ0n) is 10.2. The molecule has 92 valence electrons. The first-order chi connectivity index (χ1) is 9.42. The molecule has 0 aliphatic carbocycles. The van der Waals surface area contributed by atoms with Crippen LogP contribution in [0.3, 0.4) is 0 Å². The minimum atomic E-state index is 0.586. The van der Waals surface area contributed by atoms with Crippen molar-refractivity contribution in [2.75, 3.05) is 0 Å². The lowest BCUT2D eigenvalue weighted by atomic mass is 10.2. The van der Waals surface area contributed by atoms with E-state index < -0.39 is 0 Å². The Balaban J connectivity index is 1.81. The summed E-state index contributed by atoms with van der Waals surface area (Å²) in [7, 11) is 0. The Morgan fingerprint density at radius 1 is 0.895 bits per heavy atom. The van der Waals surface area contributed by atoms with E-state index in [0.29, 0.717) is 5.89 Å². The average Bonchev–Trinajstić information content (AvgIpc) is 2.96. The van der Waals surface area contributed by atoms with Crippen LogP contribution in [0.5, 0.6) is 0 Å². The second kappa shape index (κ2) is 5.31. The summed E-state index contributed by atoms with van der Waals surface area (Å²) >= 11 is 0. The van der Waals surface area contributed by atoms with Gasteiger partial charge >= 0.3 is 0 Å². The number of aromatic nitrogens is 2. The van der Waals surface area contributed by atoms with E-state index >= 15 is 0 Å². The maximum absolute atomic E-state index is 5.67. The third kappa shape index (κ3) is 2.77. The molecule has 19 heavy (non-hydrogen) atoms. The summed E-state index contributed by atoms with van der Waals surface area (Å²) in [6.45, 7) is 0. The predicted octanol–water partition coefficient (Wildman–Crippen LogP) is 3.91. The molecule has 0 saturated heterocycles. The first kappa shape index (κ1) is 11.4. The molecule has 0 atom stereocenters. The van der Waals surface area contributed by atoms with Gasteiger partial charge in [-0.15, -0.1) is 0 Å². The number of hydrogen-bond donors (Lipinski definition) is 0. The molecule has 0 N–H and O–H groups in total. The lowest BCUT2D eigenvalue weighted by Gasteiger charge is -1.93. The fourth-order valence-corrected chi connectivity index (χ4v) is 1.74. The van der Waals surface area contributed by atoms with Gasteiger partial charge in [-0.1, -0.05) is 36.4 Å². The summed E-state index contributed by atoms with van der Waals surface area (Å²) in [5.74, 6) is 1.36. The first-order valence-corrected chi connectivity index (χ1v) is 6.01. The maximum atomic E-state index is 5.67. The van der Waals surface area contributed by atoms with Crippen LogP contribution in [0.1, 0.15) is 11.5 Å². The van der Waals surface area contributed by atoms with Crippen molar-refractivity contribution in [1.29, 1.82) is 0 Å². The van der Waals surface area contributed by atoms with E-state index in [-0.39, 0.29) is 0 Å². The molecular formula is C16H12N2O. The number of nitrogens with zero attached hydrogens (tertiary/aromatic N) is 2. The van der Waals surface area contributed by atoms with E-state index in [9.17, 15) is 0 Å². The highest BCUT2D eigenvalue weighted by molar-refractivity contribution is 5.66. The zero-order chi connectivity index (χ0) is 12.9. The Morgan fingerprint density at radius 2 is 1.79 bits per heavy atom. The lowest BCUT2D eigenvalue weighted by Crippen LogP contribution is -1.73. The monoisotopic (exact) mass is 248 g/mol. The van der Waals surface area contributed by atoms with Crippen LogP contribution in [0.4, 0.5) is 0 Å². The summed E-state index contributed by atoms with van der Waals surface area (Å²) in [4.78, 5) is 8.28. The van der Waals surface area contributed by atoms with E-state index in [1.54, 1.807) is 18.6 Å². The first-order valence-electron chi connectivity index (χ1n) is 6.01. The lowest BCUT2D eigenvalue weighted by molar-refractivity contribution is 0.560. The van der Waals surface area contributed by atoms with E-state index in [1.807, 2.05) is 54.6 Å². The smallest absolute Gasteiger partial charge is 0.219 e. The number of hydrogen-bond acceptors (Lipinski definition) is 3. The van der Waals surface area contributed by atoms with Gasteiger partial charge in [0.1, 0.15) is 0 Å². The van der Waals surface area contributed by atoms with Gasteiger partial charge in [-0.3, -0.25) is 4.98 Å². The zero-order valence-corrected chi connectivity index (χ0v) is 10.2. The van der Waals surface area contributed by atoms with E-state index in [1.165, 1.54) is 0 Å². The van der Waals surface area contributed by atoms with Gasteiger partial charge in [0.05, 0.1) is 6.20 Å². The molecule has 0 radical (unpaired) electrons. The molecule has 3 heteroatoms. The van der Waals surface area contributed by atoms with Crippen molar-refractivity contribution in [3.05, 3.63) is 72.5 Å². The van der Waals surface area contributed by atoms with E-state index in [0.717, 1.165) is 16.9 Å². The molecule has 3 nitrogen and oxygen atoms in total. The highest BCUT2D eigenvalue weighted by atomic mass is 16.4. The summed E-state index contributed by atoms with van der Waals surface area (Å²) in [6.07, 6.45) is 9.03. The van der Waals surface area contributed by atoms with Crippen molar-refractivity contribution in [3.8, 4) is 11.3 Å². The van der Waals surface area contributed by atoms with Crippen molar-refractivity contribution in [2.45, 2.75) is 0 Å². The van der Waals surface area contributed by atoms with Crippen LogP contribution in [-0.2, 0) is 0 Å². The van der Waals surface area contributed by atoms with E-state index in [2.05, 4.69) is 9.97 Å². The maximum Gasteiger partial charge on any atom is 0.219 e. The molecule has 3 aromatic rings. The van der Waals surface area contributed by atoms with Crippen LogP contribution in [0.25, 0.3) is 23.5 Å². The van der Waals surface area contributed by atoms with Gasteiger partial charge in [-0.05, 0) is 17.7 Å². The number of pyridine rings is 1. The molecule has 3 rings (SSSR count). The average molecular weight is 248 g/mol. The molecule has 0 unspecified atom stereocenters. The Hall–Kier alpha value is -2.68. The Kier molecular flexibility index (Phi) is 3.19. The van der Waals surface area contributed by atoms with Gasteiger partial charge in [0.15, 0.2) is 5.76 Å². The summed E-state index contributed by atoms with van der Waals surface area (Å²) < 4.78 is 5.67. The van der Waals surface area contributed by atoms with E-state index in [4.69, 9.17) is 4.42 Å². The van der Waals surface area contributed by atoms with Gasteiger partial charge in [-0.25, -0.2) is 4.98 Å². The number of benzene rings is 1. The van der Waals surface area contributed by atoms with Crippen LogP contribution >= 0.6 is 0 Å². The Labute approximate surface area is 111 Å². The van der Waals surface area contributed by atoms with Crippen molar-refractivity contribution in [2.24, 2.45) is 0 Å². The minimum absolute atomic E-state index is 0.586. The number of oxazole rings is 1. The second-order valence-corrected chi connectivity index (χ2v) is 4.05. The summed E-state index contributed by atoms with van der Waals surface area (Å²) in [6, 6.07) is 13.8. The molecule has 0 aliphatic rings. The van der Waals surface area contributed by atoms with Gasteiger partial charge in [0, 0.05) is 24.0 Å². The summed E-state index contributed by atoms with van der Waals surface area (Å²) in [5, 5.41) is 0. The quantitative estimate of drug-likeness (QED) is 0.705. The fourth-order valence-electron chi connectivity index (χ4n) is 1.74. The number of rotatable bonds is 3. The van der Waals surface area contributed by atoms with Crippen LogP contribution in [0, 0.1) is 0 Å². The van der Waals surface area contributed by atoms with Gasteiger partial charge in [-0.2, -0.15) is 0 Å². The molecule has 0 fully saturated rings. The van der Waals surface area contributed by atoms with Gasteiger partial charge < -0.3 is 4.42 Å². The fraction of sp³-hybridized carbons (Fsp3) is 0. The molecule has 0 aliphatic heterocycles. The Morgan fingerprint density at radius 3 is 2.58 bits per heavy atom. The topological polar surface area (TPSA) is 38.9 Å². The molecular weight excluding hydrogens is 236 g/mol. The largest absolute Gasteiger partial charge is 0.437 e. The second-order valence-electron chi connectivity index (χ2n) is 4.05. The predicted molar refractivity (Wildman–Crippen MR) is 75.1 cm³/mol. The standard InChI is InChI=1S/C16H12N2O/c1-2-6-14(7-3-1)15-12-18-16(19-15)9-8-13-5-4-10-17-11-13/h1-12H/b9-8+. The SMILES string of the molecule is C(=C\c1ncc(-c2ccccc2)o1)/c1cccnc1. The van der Waals surface area contributed by atoms with Crippen LogP contribution in [-0.4, -0.2) is 9.97 Å². The van der Waals surface area contributed by atoms with Gasteiger partial charge in [0.25, 0.3) is 0 Å². The molecule has 0 amide bonds. The van der Waals surface area contributed by atoms with Crippen molar-refractivity contribution in [3.63, 3.8) is 0 Å². The van der Waals surface area contributed by atoms with Crippen molar-refractivity contribution in [1.82, 2.24) is 9.97 Å². The normalized spacial score (nSPS) is 10.9.